The van der Waals surface area contributed by atoms with Crippen molar-refractivity contribution in [1.82, 2.24) is 4.90 Å². The Labute approximate surface area is 108 Å². The van der Waals surface area contributed by atoms with Crippen molar-refractivity contribution in [3.05, 3.63) is 0 Å². The number of aliphatic carboxylic acids is 1. The zero-order valence-corrected chi connectivity index (χ0v) is 11.5. The molecule has 1 saturated heterocycles. The SMILES string of the molecule is CC(C)(C)C(C(=O)O)C(=O)N1CC2CCCC2C1. The molecule has 102 valence electrons. The molecule has 1 aliphatic heterocycles. The topological polar surface area (TPSA) is 57.6 Å². The summed E-state index contributed by atoms with van der Waals surface area (Å²) < 4.78 is 0. The van der Waals surface area contributed by atoms with Gasteiger partial charge < -0.3 is 10.0 Å². The van der Waals surface area contributed by atoms with Crippen LogP contribution < -0.4 is 0 Å². The second-order valence-electron chi connectivity index (χ2n) is 6.83. The van der Waals surface area contributed by atoms with E-state index in [1.807, 2.05) is 20.8 Å². The molecule has 4 nitrogen and oxygen atoms in total. The largest absolute Gasteiger partial charge is 0.481 e. The van der Waals surface area contributed by atoms with Crippen molar-refractivity contribution in [2.45, 2.75) is 40.0 Å². The molecule has 0 aromatic heterocycles. The number of rotatable bonds is 2. The Hall–Kier alpha value is -1.06. The van der Waals surface area contributed by atoms with E-state index in [1.165, 1.54) is 19.3 Å². The van der Waals surface area contributed by atoms with E-state index in [4.69, 9.17) is 0 Å². The summed E-state index contributed by atoms with van der Waals surface area (Å²) in [5, 5.41) is 9.30. The van der Waals surface area contributed by atoms with Crippen molar-refractivity contribution in [2.75, 3.05) is 13.1 Å². The molecular formula is C14H23NO3. The Morgan fingerprint density at radius 1 is 1.17 bits per heavy atom. The normalized spacial score (nSPS) is 29.2. The summed E-state index contributed by atoms with van der Waals surface area (Å²) in [7, 11) is 0. The van der Waals surface area contributed by atoms with E-state index >= 15 is 0 Å². The van der Waals surface area contributed by atoms with E-state index in [0.29, 0.717) is 11.8 Å². The molecule has 2 rings (SSSR count). The van der Waals surface area contributed by atoms with Gasteiger partial charge in [0.2, 0.25) is 5.91 Å². The highest BCUT2D eigenvalue weighted by Gasteiger charge is 2.45. The van der Waals surface area contributed by atoms with Crippen LogP contribution in [-0.2, 0) is 9.59 Å². The van der Waals surface area contributed by atoms with E-state index in [1.54, 1.807) is 4.90 Å². The molecule has 0 spiro atoms. The lowest BCUT2D eigenvalue weighted by Gasteiger charge is -2.30. The molecule has 2 aliphatic rings. The molecule has 3 atom stereocenters. The fraction of sp³-hybridized carbons (Fsp3) is 0.857. The summed E-state index contributed by atoms with van der Waals surface area (Å²) in [6.45, 7) is 6.99. The second kappa shape index (κ2) is 4.56. The molecule has 1 heterocycles. The van der Waals surface area contributed by atoms with E-state index < -0.39 is 17.3 Å². The lowest BCUT2D eigenvalue weighted by atomic mass is 9.80. The van der Waals surface area contributed by atoms with Gasteiger partial charge in [0.1, 0.15) is 5.92 Å². The maximum Gasteiger partial charge on any atom is 0.316 e. The number of carboxylic acids is 1. The Kier molecular flexibility index (Phi) is 3.39. The Bertz CT molecular complexity index is 347. The summed E-state index contributed by atoms with van der Waals surface area (Å²) in [4.78, 5) is 25.5. The minimum Gasteiger partial charge on any atom is -0.481 e. The molecule has 1 saturated carbocycles. The minimum absolute atomic E-state index is 0.190. The summed E-state index contributed by atoms with van der Waals surface area (Å²) in [6.07, 6.45) is 3.66. The average molecular weight is 253 g/mol. The fourth-order valence-electron chi connectivity index (χ4n) is 3.44. The molecule has 0 radical (unpaired) electrons. The number of fused-ring (bicyclic) bond motifs is 1. The van der Waals surface area contributed by atoms with Gasteiger partial charge in [0, 0.05) is 13.1 Å². The number of nitrogens with zero attached hydrogens (tertiary/aromatic N) is 1. The van der Waals surface area contributed by atoms with Gasteiger partial charge in [-0.1, -0.05) is 27.2 Å². The summed E-state index contributed by atoms with van der Waals surface area (Å²) in [6, 6.07) is 0. The second-order valence-corrected chi connectivity index (χ2v) is 6.83. The van der Waals surface area contributed by atoms with Crippen molar-refractivity contribution in [1.29, 1.82) is 0 Å². The Morgan fingerprint density at radius 3 is 2.06 bits per heavy atom. The standard InChI is InChI=1S/C14H23NO3/c1-14(2,3)11(13(17)18)12(16)15-7-9-5-4-6-10(9)8-15/h9-11H,4-8H2,1-3H3,(H,17,18). The smallest absolute Gasteiger partial charge is 0.316 e. The van der Waals surface area contributed by atoms with E-state index in [9.17, 15) is 14.7 Å². The van der Waals surface area contributed by atoms with Crippen LogP contribution in [0.25, 0.3) is 0 Å². The third-order valence-electron chi connectivity index (χ3n) is 4.40. The Balaban J connectivity index is 2.09. The van der Waals surface area contributed by atoms with E-state index in [-0.39, 0.29) is 5.91 Å². The minimum atomic E-state index is -0.996. The molecule has 1 aliphatic carbocycles. The number of carboxylic acid groups (broad SMARTS) is 1. The lowest BCUT2D eigenvalue weighted by Crippen LogP contribution is -2.44. The van der Waals surface area contributed by atoms with Crippen LogP contribution in [0.15, 0.2) is 0 Å². The van der Waals surface area contributed by atoms with Crippen LogP contribution in [0, 0.1) is 23.2 Å². The van der Waals surface area contributed by atoms with Crippen molar-refractivity contribution in [3.63, 3.8) is 0 Å². The van der Waals surface area contributed by atoms with Crippen LogP contribution in [-0.4, -0.2) is 35.0 Å². The molecule has 0 aromatic rings. The van der Waals surface area contributed by atoms with Crippen molar-refractivity contribution < 1.29 is 14.7 Å². The van der Waals surface area contributed by atoms with Gasteiger partial charge in [0.25, 0.3) is 0 Å². The first-order valence-corrected chi connectivity index (χ1v) is 6.82. The van der Waals surface area contributed by atoms with Crippen molar-refractivity contribution >= 4 is 11.9 Å². The number of hydrogen-bond donors (Lipinski definition) is 1. The summed E-state index contributed by atoms with van der Waals surface area (Å²) in [5.74, 6) is -0.878. The molecule has 3 unspecified atom stereocenters. The van der Waals surface area contributed by atoms with Gasteiger partial charge in [-0.3, -0.25) is 9.59 Å². The first kappa shape index (κ1) is 13.4. The predicted molar refractivity (Wildman–Crippen MR) is 68.0 cm³/mol. The quantitative estimate of drug-likeness (QED) is 0.766. The maximum absolute atomic E-state index is 12.4. The molecular weight excluding hydrogens is 230 g/mol. The lowest BCUT2D eigenvalue weighted by molar-refractivity contribution is -0.155. The molecule has 0 aromatic carbocycles. The van der Waals surface area contributed by atoms with Crippen LogP contribution in [0.2, 0.25) is 0 Å². The van der Waals surface area contributed by atoms with Crippen LogP contribution in [0.4, 0.5) is 0 Å². The highest BCUT2D eigenvalue weighted by atomic mass is 16.4. The zero-order chi connectivity index (χ0) is 13.5. The third kappa shape index (κ3) is 2.38. The molecule has 2 fully saturated rings. The van der Waals surface area contributed by atoms with Gasteiger partial charge in [-0.2, -0.15) is 0 Å². The highest BCUT2D eigenvalue weighted by Crippen LogP contribution is 2.39. The summed E-state index contributed by atoms with van der Waals surface area (Å²) >= 11 is 0. The fourth-order valence-corrected chi connectivity index (χ4v) is 3.44. The van der Waals surface area contributed by atoms with Crippen LogP contribution in [0.1, 0.15) is 40.0 Å². The van der Waals surface area contributed by atoms with Gasteiger partial charge in [-0.05, 0) is 30.1 Å². The van der Waals surface area contributed by atoms with Crippen LogP contribution in [0.5, 0.6) is 0 Å². The monoisotopic (exact) mass is 253 g/mol. The molecule has 18 heavy (non-hydrogen) atoms. The first-order valence-electron chi connectivity index (χ1n) is 6.82. The number of likely N-dealkylation sites (tertiary alicyclic amines) is 1. The van der Waals surface area contributed by atoms with Crippen LogP contribution in [0.3, 0.4) is 0 Å². The number of carbonyl (C=O) groups is 2. The maximum atomic E-state index is 12.4. The first-order chi connectivity index (χ1) is 8.30. The third-order valence-corrected chi connectivity index (χ3v) is 4.40. The number of hydrogen-bond acceptors (Lipinski definition) is 2. The molecule has 0 bridgehead atoms. The average Bonchev–Trinajstić information content (AvgIpc) is 2.71. The number of amides is 1. The van der Waals surface area contributed by atoms with Crippen LogP contribution >= 0.6 is 0 Å². The Morgan fingerprint density at radius 2 is 1.67 bits per heavy atom. The molecule has 1 amide bonds. The van der Waals surface area contributed by atoms with E-state index in [2.05, 4.69) is 0 Å². The highest BCUT2D eigenvalue weighted by molar-refractivity contribution is 5.97. The summed E-state index contributed by atoms with van der Waals surface area (Å²) in [5.41, 5.74) is -0.527. The van der Waals surface area contributed by atoms with E-state index in [0.717, 1.165) is 13.1 Å². The van der Waals surface area contributed by atoms with Gasteiger partial charge in [-0.15, -0.1) is 0 Å². The van der Waals surface area contributed by atoms with Crippen molar-refractivity contribution in [2.24, 2.45) is 23.2 Å². The van der Waals surface area contributed by atoms with Gasteiger partial charge in [0.15, 0.2) is 0 Å². The number of carbonyl (C=O) groups excluding carboxylic acids is 1. The zero-order valence-electron chi connectivity index (χ0n) is 11.5. The molecule has 1 N–H and O–H groups in total. The van der Waals surface area contributed by atoms with Gasteiger partial charge in [-0.25, -0.2) is 0 Å². The molecule has 4 heteroatoms. The predicted octanol–water partition coefficient (Wildman–Crippen LogP) is 1.99. The van der Waals surface area contributed by atoms with Crippen molar-refractivity contribution in [3.8, 4) is 0 Å². The van der Waals surface area contributed by atoms with Gasteiger partial charge in [0.05, 0.1) is 0 Å². The van der Waals surface area contributed by atoms with Gasteiger partial charge >= 0.3 is 5.97 Å².